The van der Waals surface area contributed by atoms with Crippen LogP contribution in [0.2, 0.25) is 0 Å². The van der Waals surface area contributed by atoms with Crippen LogP contribution in [0.25, 0.3) is 0 Å². The molecule has 6 heteroatoms. The Kier molecular flexibility index (Phi) is 59.0. The predicted octanol–water partition coefficient (Wildman–Crippen LogP) is 20.0. The van der Waals surface area contributed by atoms with Gasteiger partial charge in [0.2, 0.25) is 5.91 Å². The first-order valence-corrected chi connectivity index (χ1v) is 31.9. The second-order valence-corrected chi connectivity index (χ2v) is 22.1. The molecule has 0 heterocycles. The Morgan fingerprint density at radius 1 is 0.386 bits per heavy atom. The van der Waals surface area contributed by atoms with Crippen molar-refractivity contribution in [2.45, 2.75) is 373 Å². The van der Waals surface area contributed by atoms with E-state index >= 15 is 0 Å². The lowest BCUT2D eigenvalue weighted by Crippen LogP contribution is -2.45. The molecule has 70 heavy (non-hydrogen) atoms. The smallest absolute Gasteiger partial charge is 0.305 e. The first kappa shape index (κ1) is 68.6. The number of aliphatic hydroxyl groups excluding tert-OH is 2. The highest BCUT2D eigenvalue weighted by Crippen LogP contribution is 2.18. The number of ether oxygens (including phenoxy) is 1. The zero-order valence-corrected chi connectivity index (χ0v) is 47.5. The molecule has 0 bridgehead atoms. The molecule has 3 N–H and O–H groups in total. The van der Waals surface area contributed by atoms with Crippen LogP contribution in [0.5, 0.6) is 0 Å². The molecule has 6 nitrogen and oxygen atoms in total. The maximum atomic E-state index is 12.5. The van der Waals surface area contributed by atoms with Crippen molar-refractivity contribution in [3.8, 4) is 0 Å². The highest BCUT2D eigenvalue weighted by Gasteiger charge is 2.20. The van der Waals surface area contributed by atoms with E-state index in [1.807, 2.05) is 0 Å². The number of nitrogens with one attached hydrogen (secondary N) is 1. The Bertz CT molecular complexity index is 1050. The molecule has 0 radical (unpaired) electrons. The number of amides is 1. The van der Waals surface area contributed by atoms with Crippen LogP contribution in [0.15, 0.2) is 12.2 Å². The van der Waals surface area contributed by atoms with E-state index in [0.29, 0.717) is 25.9 Å². The molecule has 0 aliphatic heterocycles. The Hall–Kier alpha value is -1.40. The number of hydrogen-bond acceptors (Lipinski definition) is 5. The molecule has 0 aliphatic carbocycles. The largest absolute Gasteiger partial charge is 0.466 e. The summed E-state index contributed by atoms with van der Waals surface area (Å²) in [7, 11) is 0. The van der Waals surface area contributed by atoms with Gasteiger partial charge < -0.3 is 20.3 Å². The van der Waals surface area contributed by atoms with Gasteiger partial charge in [-0.2, -0.15) is 0 Å². The van der Waals surface area contributed by atoms with Crippen molar-refractivity contribution in [2.24, 2.45) is 0 Å². The zero-order chi connectivity index (χ0) is 50.7. The first-order chi connectivity index (χ1) is 34.5. The summed E-state index contributed by atoms with van der Waals surface area (Å²) in [5, 5.41) is 23.3. The minimum Gasteiger partial charge on any atom is -0.466 e. The third-order valence-electron chi connectivity index (χ3n) is 15.1. The summed E-state index contributed by atoms with van der Waals surface area (Å²) >= 11 is 0. The maximum absolute atomic E-state index is 12.5. The minimum absolute atomic E-state index is 0.00824. The van der Waals surface area contributed by atoms with Crippen molar-refractivity contribution >= 4 is 11.9 Å². The SMILES string of the molecule is CCCCCCCC/C=C\CCCCCCCC(=O)OCCCCCCCCCCCCCCCCCCCCCCCCCCC(=O)NC(CO)C(O)CCCCCCCCCCCCCCCC. The summed E-state index contributed by atoms with van der Waals surface area (Å²) < 4.78 is 5.49. The number of hydrogen-bond donors (Lipinski definition) is 3. The number of aliphatic hydroxyl groups is 2. The van der Waals surface area contributed by atoms with Gasteiger partial charge in [0.05, 0.1) is 25.4 Å². The third-order valence-corrected chi connectivity index (χ3v) is 15.1. The number of esters is 1. The van der Waals surface area contributed by atoms with E-state index < -0.39 is 12.1 Å². The van der Waals surface area contributed by atoms with Gasteiger partial charge in [0, 0.05) is 12.8 Å². The van der Waals surface area contributed by atoms with Crippen molar-refractivity contribution in [1.82, 2.24) is 5.32 Å². The molecular formula is C64H125NO5. The molecule has 0 spiro atoms. The molecule has 0 rings (SSSR count). The molecule has 0 aromatic rings. The first-order valence-electron chi connectivity index (χ1n) is 31.9. The summed E-state index contributed by atoms with van der Waals surface area (Å²) in [6.45, 7) is 4.97. The van der Waals surface area contributed by atoms with Gasteiger partial charge in [0.15, 0.2) is 0 Å². The van der Waals surface area contributed by atoms with Gasteiger partial charge in [0.25, 0.3) is 0 Å². The number of carbonyl (C=O) groups excluding carboxylic acids is 2. The van der Waals surface area contributed by atoms with E-state index in [0.717, 1.165) is 44.9 Å². The van der Waals surface area contributed by atoms with E-state index in [-0.39, 0.29) is 18.5 Å². The summed E-state index contributed by atoms with van der Waals surface area (Å²) in [6.07, 6.45) is 72.3. The molecule has 2 unspecified atom stereocenters. The van der Waals surface area contributed by atoms with Crippen LogP contribution in [0.3, 0.4) is 0 Å². The van der Waals surface area contributed by atoms with Crippen molar-refractivity contribution in [3.05, 3.63) is 12.2 Å². The van der Waals surface area contributed by atoms with Gasteiger partial charge in [-0.3, -0.25) is 9.59 Å². The molecule has 0 saturated heterocycles. The molecule has 0 aliphatic rings. The van der Waals surface area contributed by atoms with E-state index in [1.54, 1.807) is 0 Å². The number of unbranched alkanes of at least 4 members (excludes halogenated alkanes) is 47. The van der Waals surface area contributed by atoms with Crippen molar-refractivity contribution in [2.75, 3.05) is 13.2 Å². The summed E-state index contributed by atoms with van der Waals surface area (Å²) in [5.74, 6) is -0.0233. The molecule has 0 aromatic carbocycles. The van der Waals surface area contributed by atoms with Gasteiger partial charge in [-0.25, -0.2) is 0 Å². The van der Waals surface area contributed by atoms with Gasteiger partial charge in [-0.1, -0.05) is 309 Å². The lowest BCUT2D eigenvalue weighted by atomic mass is 10.0. The van der Waals surface area contributed by atoms with Gasteiger partial charge in [0.1, 0.15) is 0 Å². The quantitative estimate of drug-likeness (QED) is 0.0321. The number of allylic oxidation sites excluding steroid dienone is 2. The second kappa shape index (κ2) is 60.2. The van der Waals surface area contributed by atoms with E-state index in [4.69, 9.17) is 4.74 Å². The van der Waals surface area contributed by atoms with Crippen LogP contribution in [0, 0.1) is 0 Å². The maximum Gasteiger partial charge on any atom is 0.305 e. The van der Waals surface area contributed by atoms with Gasteiger partial charge in [-0.15, -0.1) is 0 Å². The standard InChI is InChI=1S/C64H125NO5/c1-3-5-7-9-11-13-15-17-29-34-38-42-46-50-54-58-64(69)70-59-55-51-47-43-39-35-31-28-26-24-22-20-19-21-23-25-27-30-33-37-41-45-49-53-57-63(68)65-61(60-66)62(67)56-52-48-44-40-36-32-18-16-14-12-10-8-6-4-2/h17,29,61-62,66-67H,3-16,18-28,30-60H2,1-2H3,(H,65,68)/b29-17-. The second-order valence-electron chi connectivity index (χ2n) is 22.1. The summed E-state index contributed by atoms with van der Waals surface area (Å²) in [4.78, 5) is 24.5. The fourth-order valence-corrected chi connectivity index (χ4v) is 10.2. The van der Waals surface area contributed by atoms with E-state index in [9.17, 15) is 19.8 Å². The average molecular weight is 989 g/mol. The van der Waals surface area contributed by atoms with Crippen LogP contribution >= 0.6 is 0 Å². The Morgan fingerprint density at radius 3 is 1.01 bits per heavy atom. The third kappa shape index (κ3) is 55.9. The van der Waals surface area contributed by atoms with E-state index in [1.165, 1.54) is 283 Å². The fourth-order valence-electron chi connectivity index (χ4n) is 10.2. The molecule has 416 valence electrons. The highest BCUT2D eigenvalue weighted by atomic mass is 16.5. The molecule has 0 fully saturated rings. The molecule has 0 aromatic heterocycles. The van der Waals surface area contributed by atoms with Crippen LogP contribution in [0.1, 0.15) is 361 Å². The lowest BCUT2D eigenvalue weighted by molar-refractivity contribution is -0.143. The fraction of sp³-hybridized carbons (Fsp3) is 0.938. The van der Waals surface area contributed by atoms with Gasteiger partial charge in [-0.05, 0) is 51.4 Å². The van der Waals surface area contributed by atoms with Crippen molar-refractivity contribution in [1.29, 1.82) is 0 Å². The number of rotatable bonds is 60. The highest BCUT2D eigenvalue weighted by molar-refractivity contribution is 5.76. The Labute approximate surface area is 438 Å². The van der Waals surface area contributed by atoms with Crippen molar-refractivity contribution < 1.29 is 24.5 Å². The summed E-state index contributed by atoms with van der Waals surface area (Å²) in [6, 6.07) is -0.539. The Morgan fingerprint density at radius 2 is 0.671 bits per heavy atom. The van der Waals surface area contributed by atoms with Crippen LogP contribution in [-0.4, -0.2) is 47.4 Å². The normalized spacial score (nSPS) is 12.6. The molecule has 2 atom stereocenters. The van der Waals surface area contributed by atoms with Crippen molar-refractivity contribution in [3.63, 3.8) is 0 Å². The molecular weight excluding hydrogens is 863 g/mol. The van der Waals surface area contributed by atoms with Crippen LogP contribution < -0.4 is 5.32 Å². The lowest BCUT2D eigenvalue weighted by Gasteiger charge is -2.22. The average Bonchev–Trinajstić information content (AvgIpc) is 3.36. The Balaban J connectivity index is 3.35. The van der Waals surface area contributed by atoms with Crippen LogP contribution in [0.4, 0.5) is 0 Å². The van der Waals surface area contributed by atoms with E-state index in [2.05, 4.69) is 31.3 Å². The summed E-state index contributed by atoms with van der Waals surface area (Å²) in [5.41, 5.74) is 0. The predicted molar refractivity (Wildman–Crippen MR) is 306 cm³/mol. The minimum atomic E-state index is -0.662. The zero-order valence-electron chi connectivity index (χ0n) is 47.5. The molecule has 1 amide bonds. The monoisotopic (exact) mass is 988 g/mol. The van der Waals surface area contributed by atoms with Gasteiger partial charge >= 0.3 is 5.97 Å². The molecule has 0 saturated carbocycles. The topological polar surface area (TPSA) is 95.9 Å². The number of carbonyl (C=O) groups is 2. The van der Waals surface area contributed by atoms with Crippen LogP contribution in [-0.2, 0) is 14.3 Å².